The fourth-order valence-electron chi connectivity index (χ4n) is 2.86. The maximum atomic E-state index is 5.89. The molecule has 1 aromatic heterocycles. The van der Waals surface area contributed by atoms with Crippen molar-refractivity contribution in [1.82, 2.24) is 9.88 Å². The molecule has 0 spiro atoms. The maximum absolute atomic E-state index is 5.89. The van der Waals surface area contributed by atoms with Crippen molar-refractivity contribution in [2.75, 3.05) is 19.8 Å². The lowest BCUT2D eigenvalue weighted by Gasteiger charge is -2.28. The van der Waals surface area contributed by atoms with Crippen molar-refractivity contribution in [2.45, 2.75) is 25.3 Å². The highest BCUT2D eigenvalue weighted by Gasteiger charge is 2.23. The van der Waals surface area contributed by atoms with Crippen LogP contribution in [0.1, 0.15) is 17.7 Å². The number of nitrogen functional groups attached to an aromatic ring is 1. The minimum absolute atomic E-state index is 0.655. The Kier molecular flexibility index (Phi) is 2.37. The van der Waals surface area contributed by atoms with Gasteiger partial charge in [-0.15, -0.1) is 0 Å². The van der Waals surface area contributed by atoms with E-state index < -0.39 is 0 Å². The van der Waals surface area contributed by atoms with E-state index in [2.05, 4.69) is 36.1 Å². The first-order chi connectivity index (χ1) is 8.15. The van der Waals surface area contributed by atoms with E-state index in [1.807, 2.05) is 6.07 Å². The number of hydrogen-bond donors (Lipinski definition) is 2. The van der Waals surface area contributed by atoms with Gasteiger partial charge in [0.05, 0.1) is 0 Å². The third-order valence-electron chi connectivity index (χ3n) is 3.92. The van der Waals surface area contributed by atoms with E-state index in [0.29, 0.717) is 6.04 Å². The Hall–Kier alpha value is -1.48. The highest BCUT2D eigenvalue weighted by Crippen LogP contribution is 2.31. The molecule has 1 aromatic carbocycles. The summed E-state index contributed by atoms with van der Waals surface area (Å²) in [7, 11) is 4.33. The minimum atomic E-state index is 0.655. The van der Waals surface area contributed by atoms with Gasteiger partial charge in [0, 0.05) is 28.3 Å². The topological polar surface area (TPSA) is 45.0 Å². The van der Waals surface area contributed by atoms with E-state index in [0.717, 1.165) is 18.5 Å². The largest absolute Gasteiger partial charge is 0.399 e. The van der Waals surface area contributed by atoms with Gasteiger partial charge >= 0.3 is 0 Å². The van der Waals surface area contributed by atoms with Crippen molar-refractivity contribution in [3.63, 3.8) is 0 Å². The van der Waals surface area contributed by atoms with Gasteiger partial charge in [-0.2, -0.15) is 0 Å². The van der Waals surface area contributed by atoms with Crippen LogP contribution in [0.5, 0.6) is 0 Å². The van der Waals surface area contributed by atoms with Crippen LogP contribution in [0.4, 0.5) is 5.69 Å². The summed E-state index contributed by atoms with van der Waals surface area (Å²) in [4.78, 5) is 5.86. The molecule has 0 radical (unpaired) electrons. The second-order valence-corrected chi connectivity index (χ2v) is 5.25. The first-order valence-corrected chi connectivity index (χ1v) is 6.20. The van der Waals surface area contributed by atoms with Crippen molar-refractivity contribution in [3.8, 4) is 0 Å². The molecule has 1 aliphatic carbocycles. The molecule has 1 heterocycles. The zero-order chi connectivity index (χ0) is 12.0. The van der Waals surface area contributed by atoms with Crippen LogP contribution in [-0.4, -0.2) is 30.0 Å². The van der Waals surface area contributed by atoms with Crippen LogP contribution in [0, 0.1) is 0 Å². The first kappa shape index (κ1) is 10.7. The second-order valence-electron chi connectivity index (χ2n) is 5.25. The molecule has 0 fully saturated rings. The lowest BCUT2D eigenvalue weighted by Crippen LogP contribution is -2.33. The predicted octanol–water partition coefficient (Wildman–Crippen LogP) is 2.17. The molecule has 90 valence electrons. The number of likely N-dealkylation sites (N-methyl/N-ethyl adjacent to an activating group) is 1. The smallest absolute Gasteiger partial charge is 0.0460 e. The van der Waals surface area contributed by atoms with Gasteiger partial charge in [-0.05, 0) is 57.1 Å². The van der Waals surface area contributed by atoms with Gasteiger partial charge in [-0.25, -0.2) is 0 Å². The van der Waals surface area contributed by atoms with Gasteiger partial charge in [0.15, 0.2) is 0 Å². The van der Waals surface area contributed by atoms with E-state index in [-0.39, 0.29) is 0 Å². The summed E-state index contributed by atoms with van der Waals surface area (Å²) in [5, 5.41) is 1.31. The molecular formula is C14H19N3. The summed E-state index contributed by atoms with van der Waals surface area (Å²) in [6, 6.07) is 6.81. The third kappa shape index (κ3) is 1.71. The Labute approximate surface area is 102 Å². The van der Waals surface area contributed by atoms with E-state index in [1.54, 1.807) is 0 Å². The summed E-state index contributed by atoms with van der Waals surface area (Å²) in [5.74, 6) is 0. The van der Waals surface area contributed by atoms with Gasteiger partial charge < -0.3 is 15.6 Å². The molecule has 3 rings (SSSR count). The van der Waals surface area contributed by atoms with Gasteiger partial charge in [0.2, 0.25) is 0 Å². The fourth-order valence-corrected chi connectivity index (χ4v) is 2.86. The number of aromatic amines is 1. The van der Waals surface area contributed by atoms with Crippen LogP contribution in [0.3, 0.4) is 0 Å². The molecule has 0 aliphatic heterocycles. The Bertz CT molecular complexity index is 554. The molecule has 0 bridgehead atoms. The zero-order valence-electron chi connectivity index (χ0n) is 10.5. The molecule has 1 unspecified atom stereocenters. The molecule has 17 heavy (non-hydrogen) atoms. The number of hydrogen-bond acceptors (Lipinski definition) is 2. The Balaban J connectivity index is 2.10. The number of benzene rings is 1. The zero-order valence-corrected chi connectivity index (χ0v) is 10.5. The Morgan fingerprint density at radius 3 is 2.94 bits per heavy atom. The van der Waals surface area contributed by atoms with Crippen LogP contribution in [0.25, 0.3) is 10.9 Å². The lowest BCUT2D eigenvalue weighted by molar-refractivity contribution is 0.268. The lowest BCUT2D eigenvalue weighted by atomic mass is 9.91. The van der Waals surface area contributed by atoms with E-state index >= 15 is 0 Å². The summed E-state index contributed by atoms with van der Waals surface area (Å²) in [5.41, 5.74) is 10.8. The van der Waals surface area contributed by atoms with Gasteiger partial charge in [-0.1, -0.05) is 0 Å². The third-order valence-corrected chi connectivity index (χ3v) is 3.92. The number of nitrogens with one attached hydrogen (secondary N) is 1. The number of nitrogens with zero attached hydrogens (tertiary/aromatic N) is 1. The van der Waals surface area contributed by atoms with Crippen LogP contribution >= 0.6 is 0 Å². The number of H-pyrrole nitrogens is 1. The number of aromatic nitrogens is 1. The second kappa shape index (κ2) is 3.77. The maximum Gasteiger partial charge on any atom is 0.0460 e. The number of fused-ring (bicyclic) bond motifs is 3. The first-order valence-electron chi connectivity index (χ1n) is 6.20. The number of anilines is 1. The quantitative estimate of drug-likeness (QED) is 0.736. The molecule has 1 atom stereocenters. The van der Waals surface area contributed by atoms with Gasteiger partial charge in [-0.3, -0.25) is 0 Å². The van der Waals surface area contributed by atoms with Crippen molar-refractivity contribution in [2.24, 2.45) is 0 Å². The number of rotatable bonds is 1. The number of nitrogens with two attached hydrogens (primary N) is 1. The molecule has 2 aromatic rings. The SMILES string of the molecule is CN(C)C1CCc2[nH]c3ccc(N)cc3c2C1. The summed E-state index contributed by atoms with van der Waals surface area (Å²) in [6.07, 6.45) is 3.51. The Morgan fingerprint density at radius 1 is 1.35 bits per heavy atom. The van der Waals surface area contributed by atoms with E-state index in [9.17, 15) is 0 Å². The Morgan fingerprint density at radius 2 is 2.18 bits per heavy atom. The van der Waals surface area contributed by atoms with Crippen LogP contribution < -0.4 is 5.73 Å². The molecular weight excluding hydrogens is 210 g/mol. The molecule has 3 nitrogen and oxygen atoms in total. The summed E-state index contributed by atoms with van der Waals surface area (Å²) < 4.78 is 0. The van der Waals surface area contributed by atoms with E-state index in [1.165, 1.54) is 28.6 Å². The minimum Gasteiger partial charge on any atom is -0.399 e. The molecule has 1 aliphatic rings. The highest BCUT2D eigenvalue weighted by molar-refractivity contribution is 5.87. The normalized spacial score (nSPS) is 19.8. The standard InChI is InChI=1S/C14H19N3/c1-17(2)10-4-6-14-12(8-10)11-7-9(15)3-5-13(11)16-14/h3,5,7,10,16H,4,6,8,15H2,1-2H3. The van der Waals surface area contributed by atoms with Crippen molar-refractivity contribution < 1.29 is 0 Å². The van der Waals surface area contributed by atoms with Crippen LogP contribution in [0.15, 0.2) is 18.2 Å². The van der Waals surface area contributed by atoms with Crippen LogP contribution in [0.2, 0.25) is 0 Å². The fraction of sp³-hybridized carbons (Fsp3) is 0.429. The highest BCUT2D eigenvalue weighted by atomic mass is 15.1. The number of aryl methyl sites for hydroxylation is 1. The average molecular weight is 229 g/mol. The molecule has 3 heteroatoms. The van der Waals surface area contributed by atoms with Gasteiger partial charge in [0.25, 0.3) is 0 Å². The molecule has 0 saturated carbocycles. The summed E-state index contributed by atoms with van der Waals surface area (Å²) in [6.45, 7) is 0. The molecule has 3 N–H and O–H groups in total. The molecule has 0 amide bonds. The predicted molar refractivity (Wildman–Crippen MR) is 72.2 cm³/mol. The average Bonchev–Trinajstić information content (AvgIpc) is 2.66. The van der Waals surface area contributed by atoms with E-state index in [4.69, 9.17) is 5.73 Å². The van der Waals surface area contributed by atoms with Gasteiger partial charge in [0.1, 0.15) is 0 Å². The monoisotopic (exact) mass is 229 g/mol. The van der Waals surface area contributed by atoms with Crippen molar-refractivity contribution in [3.05, 3.63) is 29.5 Å². The van der Waals surface area contributed by atoms with Crippen LogP contribution in [-0.2, 0) is 12.8 Å². The molecule has 0 saturated heterocycles. The van der Waals surface area contributed by atoms with Crippen molar-refractivity contribution >= 4 is 16.6 Å². The summed E-state index contributed by atoms with van der Waals surface area (Å²) >= 11 is 0. The van der Waals surface area contributed by atoms with Crippen molar-refractivity contribution in [1.29, 1.82) is 0 Å².